The van der Waals surface area contributed by atoms with Crippen molar-refractivity contribution in [1.29, 1.82) is 5.26 Å². The van der Waals surface area contributed by atoms with Crippen molar-refractivity contribution in [3.8, 4) is 6.07 Å². The van der Waals surface area contributed by atoms with Crippen molar-refractivity contribution >= 4 is 0 Å². The summed E-state index contributed by atoms with van der Waals surface area (Å²) in [6, 6.07) is 9.95. The van der Waals surface area contributed by atoms with E-state index in [-0.39, 0.29) is 6.04 Å². The lowest BCUT2D eigenvalue weighted by Gasteiger charge is -2.11. The molecule has 0 aromatic heterocycles. The highest BCUT2D eigenvalue weighted by Gasteiger charge is 2.08. The van der Waals surface area contributed by atoms with Crippen LogP contribution in [0, 0.1) is 18.3 Å². The highest BCUT2D eigenvalue weighted by Crippen LogP contribution is 2.13. The second-order valence-corrected chi connectivity index (χ2v) is 3.42. The summed E-state index contributed by atoms with van der Waals surface area (Å²) in [5.41, 5.74) is 2.18. The normalized spacial score (nSPS) is 12.1. The van der Waals surface area contributed by atoms with Crippen LogP contribution in [-0.4, -0.2) is 20.3 Å². The number of benzene rings is 1. The van der Waals surface area contributed by atoms with E-state index in [9.17, 15) is 0 Å². The molecule has 3 heteroatoms. The van der Waals surface area contributed by atoms with E-state index < -0.39 is 0 Å². The van der Waals surface area contributed by atoms with Gasteiger partial charge in [0.15, 0.2) is 0 Å². The molecule has 1 aromatic rings. The van der Waals surface area contributed by atoms with Gasteiger partial charge in [-0.15, -0.1) is 0 Å². The SMILES string of the molecule is COCCNC(C#N)c1cccc(C)c1. The minimum Gasteiger partial charge on any atom is -0.383 e. The van der Waals surface area contributed by atoms with Crippen LogP contribution in [0.4, 0.5) is 0 Å². The van der Waals surface area contributed by atoms with Crippen molar-refractivity contribution in [3.05, 3.63) is 35.4 Å². The molecule has 0 spiro atoms. The van der Waals surface area contributed by atoms with Crippen LogP contribution in [0.15, 0.2) is 24.3 Å². The fourth-order valence-electron chi connectivity index (χ4n) is 1.39. The summed E-state index contributed by atoms with van der Waals surface area (Å²) < 4.78 is 4.92. The molecule has 3 nitrogen and oxygen atoms in total. The van der Waals surface area contributed by atoms with E-state index in [0.29, 0.717) is 13.2 Å². The molecule has 0 aliphatic carbocycles. The third-order valence-corrected chi connectivity index (χ3v) is 2.16. The van der Waals surface area contributed by atoms with E-state index in [1.165, 1.54) is 5.56 Å². The number of methoxy groups -OCH3 is 1. The van der Waals surface area contributed by atoms with Crippen molar-refractivity contribution in [1.82, 2.24) is 5.32 Å². The fourth-order valence-corrected chi connectivity index (χ4v) is 1.39. The number of ether oxygens (including phenoxy) is 1. The van der Waals surface area contributed by atoms with Crippen LogP contribution in [0.25, 0.3) is 0 Å². The lowest BCUT2D eigenvalue weighted by molar-refractivity contribution is 0.198. The maximum atomic E-state index is 9.02. The van der Waals surface area contributed by atoms with Crippen molar-refractivity contribution in [2.24, 2.45) is 0 Å². The average Bonchev–Trinajstić information content (AvgIpc) is 2.24. The zero-order valence-corrected chi connectivity index (χ0v) is 9.16. The first-order valence-corrected chi connectivity index (χ1v) is 4.96. The Morgan fingerprint density at radius 3 is 2.93 bits per heavy atom. The number of nitriles is 1. The summed E-state index contributed by atoms with van der Waals surface area (Å²) in [4.78, 5) is 0. The second kappa shape index (κ2) is 6.18. The summed E-state index contributed by atoms with van der Waals surface area (Å²) >= 11 is 0. The van der Waals surface area contributed by atoms with Crippen LogP contribution in [0.1, 0.15) is 17.2 Å². The molecule has 0 aliphatic heterocycles. The lowest BCUT2D eigenvalue weighted by Crippen LogP contribution is -2.23. The Morgan fingerprint density at radius 1 is 1.53 bits per heavy atom. The lowest BCUT2D eigenvalue weighted by atomic mass is 10.1. The predicted octanol–water partition coefficient (Wildman–Crippen LogP) is 1.80. The number of nitrogens with one attached hydrogen (secondary N) is 1. The molecule has 1 rings (SSSR count). The molecule has 1 aromatic carbocycles. The van der Waals surface area contributed by atoms with Gasteiger partial charge in [-0.3, -0.25) is 5.32 Å². The van der Waals surface area contributed by atoms with Crippen LogP contribution in [-0.2, 0) is 4.74 Å². The number of hydrogen-bond acceptors (Lipinski definition) is 3. The molecule has 0 aliphatic rings. The Bertz CT molecular complexity index is 344. The molecule has 1 N–H and O–H groups in total. The molecule has 0 radical (unpaired) electrons. The summed E-state index contributed by atoms with van der Waals surface area (Å²) in [6.45, 7) is 3.32. The molecular formula is C12H16N2O. The topological polar surface area (TPSA) is 45.0 Å². The predicted molar refractivity (Wildman–Crippen MR) is 59.4 cm³/mol. The van der Waals surface area contributed by atoms with Crippen LogP contribution >= 0.6 is 0 Å². The van der Waals surface area contributed by atoms with Crippen molar-refractivity contribution in [2.75, 3.05) is 20.3 Å². The third-order valence-electron chi connectivity index (χ3n) is 2.16. The Morgan fingerprint density at radius 2 is 2.33 bits per heavy atom. The van der Waals surface area contributed by atoms with Gasteiger partial charge in [0.1, 0.15) is 6.04 Å². The molecule has 0 heterocycles. The van der Waals surface area contributed by atoms with E-state index in [0.717, 1.165) is 5.56 Å². The van der Waals surface area contributed by atoms with Crippen molar-refractivity contribution in [2.45, 2.75) is 13.0 Å². The largest absolute Gasteiger partial charge is 0.383 e. The maximum absolute atomic E-state index is 9.02. The van der Waals surface area contributed by atoms with Gasteiger partial charge in [0.05, 0.1) is 12.7 Å². The maximum Gasteiger partial charge on any atom is 0.121 e. The zero-order valence-electron chi connectivity index (χ0n) is 9.16. The first-order chi connectivity index (χ1) is 7.27. The van der Waals surface area contributed by atoms with Crippen LogP contribution in [0.5, 0.6) is 0 Å². The molecule has 0 bridgehead atoms. The fraction of sp³-hybridized carbons (Fsp3) is 0.417. The smallest absolute Gasteiger partial charge is 0.121 e. The van der Waals surface area contributed by atoms with Crippen LogP contribution in [0.2, 0.25) is 0 Å². The zero-order chi connectivity index (χ0) is 11.1. The Balaban J connectivity index is 2.63. The van der Waals surface area contributed by atoms with Crippen LogP contribution in [0.3, 0.4) is 0 Å². The number of hydrogen-bond donors (Lipinski definition) is 1. The van der Waals surface area contributed by atoms with Crippen molar-refractivity contribution < 1.29 is 4.74 Å². The van der Waals surface area contributed by atoms with E-state index in [4.69, 9.17) is 10.00 Å². The second-order valence-electron chi connectivity index (χ2n) is 3.42. The number of nitrogens with zero attached hydrogens (tertiary/aromatic N) is 1. The standard InChI is InChI=1S/C12H16N2O/c1-10-4-3-5-11(8-10)12(9-13)14-6-7-15-2/h3-5,8,12,14H,6-7H2,1-2H3. The molecule has 0 saturated carbocycles. The molecular weight excluding hydrogens is 188 g/mol. The quantitative estimate of drug-likeness (QED) is 0.744. The first kappa shape index (κ1) is 11.7. The van der Waals surface area contributed by atoms with Gasteiger partial charge in [-0.25, -0.2) is 0 Å². The average molecular weight is 204 g/mol. The van der Waals surface area contributed by atoms with E-state index in [1.807, 2.05) is 31.2 Å². The summed E-state index contributed by atoms with van der Waals surface area (Å²) in [7, 11) is 1.65. The van der Waals surface area contributed by atoms with Gasteiger partial charge >= 0.3 is 0 Å². The number of rotatable bonds is 5. The van der Waals surface area contributed by atoms with E-state index >= 15 is 0 Å². The van der Waals surface area contributed by atoms with Crippen molar-refractivity contribution in [3.63, 3.8) is 0 Å². The van der Waals surface area contributed by atoms with Gasteiger partial charge in [-0.05, 0) is 12.5 Å². The number of aryl methyl sites for hydroxylation is 1. The first-order valence-electron chi connectivity index (χ1n) is 4.96. The molecule has 15 heavy (non-hydrogen) atoms. The van der Waals surface area contributed by atoms with Gasteiger partial charge in [0.2, 0.25) is 0 Å². The molecule has 1 unspecified atom stereocenters. The summed E-state index contributed by atoms with van der Waals surface area (Å²) in [6.07, 6.45) is 0. The summed E-state index contributed by atoms with van der Waals surface area (Å²) in [5, 5.41) is 12.1. The monoisotopic (exact) mass is 204 g/mol. The van der Waals surface area contributed by atoms with E-state index in [2.05, 4.69) is 11.4 Å². The molecule has 1 atom stereocenters. The third kappa shape index (κ3) is 3.70. The van der Waals surface area contributed by atoms with Gasteiger partial charge < -0.3 is 4.74 Å². The summed E-state index contributed by atoms with van der Waals surface area (Å²) in [5.74, 6) is 0. The minimum absolute atomic E-state index is 0.250. The van der Waals surface area contributed by atoms with Gasteiger partial charge in [0, 0.05) is 13.7 Å². The van der Waals surface area contributed by atoms with Gasteiger partial charge in [-0.1, -0.05) is 29.8 Å². The highest BCUT2D eigenvalue weighted by atomic mass is 16.5. The molecule has 0 amide bonds. The highest BCUT2D eigenvalue weighted by molar-refractivity contribution is 5.28. The Kier molecular flexibility index (Phi) is 4.82. The molecule has 80 valence electrons. The molecule has 0 saturated heterocycles. The molecule has 0 fully saturated rings. The van der Waals surface area contributed by atoms with Crippen LogP contribution < -0.4 is 5.32 Å². The minimum atomic E-state index is -0.250. The Hall–Kier alpha value is -1.37. The van der Waals surface area contributed by atoms with Gasteiger partial charge in [0.25, 0.3) is 0 Å². The van der Waals surface area contributed by atoms with E-state index in [1.54, 1.807) is 7.11 Å². The van der Waals surface area contributed by atoms with Gasteiger partial charge in [-0.2, -0.15) is 5.26 Å². The Labute approximate surface area is 90.7 Å².